The van der Waals surface area contributed by atoms with Crippen molar-refractivity contribution in [1.29, 1.82) is 0 Å². The van der Waals surface area contributed by atoms with E-state index in [1.165, 1.54) is 44.9 Å². The summed E-state index contributed by atoms with van der Waals surface area (Å²) in [6, 6.07) is 11.5. The van der Waals surface area contributed by atoms with Crippen molar-refractivity contribution >= 4 is 22.2 Å². The summed E-state index contributed by atoms with van der Waals surface area (Å²) >= 11 is 0. The molecule has 0 amide bonds. The quantitative estimate of drug-likeness (QED) is 0.175. The van der Waals surface area contributed by atoms with Gasteiger partial charge in [0.25, 0.3) is 0 Å². The molecule has 0 atom stereocenters. The zero-order valence-electron chi connectivity index (χ0n) is 17.3. The summed E-state index contributed by atoms with van der Waals surface area (Å²) in [6.45, 7) is 2.25. The molecule has 2 aromatic rings. The van der Waals surface area contributed by atoms with Crippen LogP contribution in [0.2, 0.25) is 0 Å². The van der Waals surface area contributed by atoms with Crippen LogP contribution in [0.15, 0.2) is 36.4 Å². The van der Waals surface area contributed by atoms with E-state index in [9.17, 15) is 10.0 Å². The Labute approximate surface area is 164 Å². The van der Waals surface area contributed by atoms with Crippen molar-refractivity contribution in [3.05, 3.63) is 47.2 Å². The lowest BCUT2D eigenvalue weighted by molar-refractivity contribution is 0.0979. The molecule has 2 rings (SSSR count). The minimum absolute atomic E-state index is 0.226. The van der Waals surface area contributed by atoms with Crippen LogP contribution in [0.5, 0.6) is 0 Å². The fraction of sp³-hybridized carbons (Fsp3) is 0.542. The van der Waals surface area contributed by atoms with Gasteiger partial charge < -0.3 is 9.85 Å². The molecular formula is C24H35NO2. The third-order valence-corrected chi connectivity index (χ3v) is 5.27. The van der Waals surface area contributed by atoms with Gasteiger partial charge in [-0.05, 0) is 29.3 Å². The molecule has 0 N–H and O–H groups in total. The molecule has 0 aliphatic carbocycles. The molecule has 27 heavy (non-hydrogen) atoms. The molecule has 2 aromatic carbocycles. The first kappa shape index (κ1) is 21.6. The summed E-state index contributed by atoms with van der Waals surface area (Å²) in [7, 11) is 3.23. The number of quaternary nitrogens is 1. The molecule has 0 aliphatic heterocycles. The monoisotopic (exact) mass is 369 g/mol. The lowest BCUT2D eigenvalue weighted by atomic mass is 10.00. The van der Waals surface area contributed by atoms with Crippen molar-refractivity contribution < 1.29 is 4.79 Å². The van der Waals surface area contributed by atoms with Gasteiger partial charge in [-0.2, -0.15) is 0 Å². The lowest BCUT2D eigenvalue weighted by Crippen LogP contribution is -2.32. The third-order valence-electron chi connectivity index (χ3n) is 5.27. The summed E-state index contributed by atoms with van der Waals surface area (Å²) in [5, 5.41) is 14.1. The highest BCUT2D eigenvalue weighted by Crippen LogP contribution is 2.25. The first-order valence-corrected chi connectivity index (χ1v) is 10.5. The number of fused-ring (bicyclic) bond motifs is 1. The van der Waals surface area contributed by atoms with Crippen molar-refractivity contribution in [2.75, 3.05) is 14.1 Å². The topological polar surface area (TPSA) is 40.1 Å². The van der Waals surface area contributed by atoms with Gasteiger partial charge in [0.2, 0.25) is 0 Å². The highest BCUT2D eigenvalue weighted by molar-refractivity contribution is 6.00. The average molecular weight is 370 g/mol. The first-order valence-electron chi connectivity index (χ1n) is 10.5. The maximum atomic E-state index is 12.5. The van der Waals surface area contributed by atoms with Crippen LogP contribution in [0, 0.1) is 5.21 Å². The Morgan fingerprint density at radius 3 is 2.00 bits per heavy atom. The van der Waals surface area contributed by atoms with E-state index in [0.29, 0.717) is 6.42 Å². The Balaban J connectivity index is 1.78. The zero-order chi connectivity index (χ0) is 19.7. The molecule has 3 heteroatoms. The second-order valence-corrected chi connectivity index (χ2v) is 8.10. The summed E-state index contributed by atoms with van der Waals surface area (Å²) in [5.41, 5.74) is 1.50. The average Bonchev–Trinajstić information content (AvgIpc) is 2.65. The Morgan fingerprint density at radius 1 is 0.815 bits per heavy atom. The van der Waals surface area contributed by atoms with E-state index in [1.807, 2.05) is 36.4 Å². The normalized spacial score (nSPS) is 11.9. The van der Waals surface area contributed by atoms with Gasteiger partial charge in [0.1, 0.15) is 5.69 Å². The predicted octanol–water partition coefficient (Wildman–Crippen LogP) is 7.01. The van der Waals surface area contributed by atoms with Crippen molar-refractivity contribution in [1.82, 2.24) is 4.65 Å². The number of nitrogens with zero attached hydrogens (tertiary/aromatic N) is 1. The largest absolute Gasteiger partial charge is 0.628 e. The Bertz CT molecular complexity index is 731. The number of ketones is 1. The van der Waals surface area contributed by atoms with Gasteiger partial charge in [0.05, 0.1) is 14.1 Å². The van der Waals surface area contributed by atoms with E-state index in [2.05, 4.69) is 6.92 Å². The number of rotatable bonds is 12. The van der Waals surface area contributed by atoms with Crippen LogP contribution in [0.1, 0.15) is 81.5 Å². The second-order valence-electron chi connectivity index (χ2n) is 8.10. The molecule has 0 aliphatic rings. The van der Waals surface area contributed by atoms with E-state index in [4.69, 9.17) is 0 Å². The van der Waals surface area contributed by atoms with Crippen molar-refractivity contribution in [2.45, 2.75) is 71.1 Å². The predicted molar refractivity (Wildman–Crippen MR) is 117 cm³/mol. The summed E-state index contributed by atoms with van der Waals surface area (Å²) < 4.78 is -0.449. The molecular weight excluding hydrogens is 334 g/mol. The van der Waals surface area contributed by atoms with Gasteiger partial charge in [-0.25, -0.2) is 0 Å². The van der Waals surface area contributed by atoms with Crippen LogP contribution >= 0.6 is 0 Å². The second kappa shape index (κ2) is 10.6. The minimum Gasteiger partial charge on any atom is -0.628 e. The number of hydrogen-bond donors (Lipinski definition) is 0. The van der Waals surface area contributed by atoms with Crippen LogP contribution in [0.3, 0.4) is 0 Å². The highest BCUT2D eigenvalue weighted by atomic mass is 16.5. The minimum atomic E-state index is -0.449. The van der Waals surface area contributed by atoms with Gasteiger partial charge in [-0.15, -0.1) is 0 Å². The molecule has 3 nitrogen and oxygen atoms in total. The third kappa shape index (κ3) is 7.08. The Hall–Kier alpha value is -1.71. The van der Waals surface area contributed by atoms with Crippen LogP contribution in [0.25, 0.3) is 10.8 Å². The van der Waals surface area contributed by atoms with Crippen LogP contribution in [0.4, 0.5) is 5.69 Å². The van der Waals surface area contributed by atoms with E-state index in [0.717, 1.165) is 34.9 Å². The summed E-state index contributed by atoms with van der Waals surface area (Å²) in [6.07, 6.45) is 12.0. The maximum Gasteiger partial charge on any atom is 0.162 e. The molecule has 0 aromatic heterocycles. The van der Waals surface area contributed by atoms with E-state index in [1.54, 1.807) is 14.1 Å². The molecule has 148 valence electrons. The smallest absolute Gasteiger partial charge is 0.162 e. The lowest BCUT2D eigenvalue weighted by Gasteiger charge is -2.33. The Morgan fingerprint density at radius 2 is 1.37 bits per heavy atom. The number of Topliss-reactive ketones (excluding diaryl/α,β-unsaturated/α-hetero) is 1. The fourth-order valence-electron chi connectivity index (χ4n) is 3.48. The summed E-state index contributed by atoms with van der Waals surface area (Å²) in [4.78, 5) is 12.5. The number of carbonyl (C=O) groups is 1. The highest BCUT2D eigenvalue weighted by Gasteiger charge is 2.10. The molecule has 0 saturated heterocycles. The van der Waals surface area contributed by atoms with Crippen molar-refractivity contribution in [3.8, 4) is 0 Å². The molecule has 0 heterocycles. The van der Waals surface area contributed by atoms with Gasteiger partial charge in [-0.3, -0.25) is 4.79 Å². The zero-order valence-corrected chi connectivity index (χ0v) is 17.3. The number of hydroxylamine groups is 2. The standard InChI is InChI=1S/C24H35NO2/c1-4-5-6-7-8-9-10-11-12-13-24(26)22-15-14-21-19-23(25(2,3)27)17-16-20(21)18-22/h14-19H,4-13H2,1-3H3. The van der Waals surface area contributed by atoms with Crippen LogP contribution in [-0.2, 0) is 0 Å². The van der Waals surface area contributed by atoms with Crippen molar-refractivity contribution in [3.63, 3.8) is 0 Å². The van der Waals surface area contributed by atoms with Gasteiger partial charge >= 0.3 is 0 Å². The maximum absolute atomic E-state index is 12.5. The number of hydrogen-bond acceptors (Lipinski definition) is 2. The summed E-state index contributed by atoms with van der Waals surface area (Å²) in [5.74, 6) is 0.226. The van der Waals surface area contributed by atoms with E-state index < -0.39 is 4.65 Å². The molecule has 0 saturated carbocycles. The van der Waals surface area contributed by atoms with E-state index in [-0.39, 0.29) is 5.78 Å². The fourth-order valence-corrected chi connectivity index (χ4v) is 3.48. The molecule has 0 spiro atoms. The first-order chi connectivity index (χ1) is 12.9. The van der Waals surface area contributed by atoms with E-state index >= 15 is 0 Å². The van der Waals surface area contributed by atoms with Crippen LogP contribution in [-0.4, -0.2) is 19.9 Å². The van der Waals surface area contributed by atoms with Crippen LogP contribution < -0.4 is 4.65 Å². The number of unbranched alkanes of at least 4 members (excludes halogenated alkanes) is 8. The van der Waals surface area contributed by atoms with Gasteiger partial charge in [-0.1, -0.05) is 70.4 Å². The Kier molecular flexibility index (Phi) is 8.46. The van der Waals surface area contributed by atoms with Gasteiger partial charge in [0, 0.05) is 24.1 Å². The molecule has 0 fully saturated rings. The molecule has 0 unspecified atom stereocenters. The SMILES string of the molecule is CCCCCCCCCCCC(=O)c1ccc2cc([N+](C)(C)[O-])ccc2c1. The van der Waals surface area contributed by atoms with Gasteiger partial charge in [0.15, 0.2) is 5.78 Å². The number of carbonyl (C=O) groups excluding carboxylic acids is 1. The number of benzene rings is 2. The van der Waals surface area contributed by atoms with Crippen molar-refractivity contribution in [2.24, 2.45) is 0 Å². The molecule has 0 bridgehead atoms. The molecule has 0 radical (unpaired) electrons.